The van der Waals surface area contributed by atoms with Crippen LogP contribution in [0.15, 0.2) is 72.8 Å². The first-order valence-corrected chi connectivity index (χ1v) is 11.5. The van der Waals surface area contributed by atoms with Gasteiger partial charge in [-0.1, -0.05) is 59.7 Å². The minimum absolute atomic E-state index is 0.00898. The van der Waals surface area contributed by atoms with Gasteiger partial charge in [-0.2, -0.15) is 0 Å². The lowest BCUT2D eigenvalue weighted by atomic mass is 9.90. The Labute approximate surface area is 209 Å². The van der Waals surface area contributed by atoms with Crippen molar-refractivity contribution in [2.75, 3.05) is 0 Å². The van der Waals surface area contributed by atoms with Crippen molar-refractivity contribution in [3.63, 3.8) is 0 Å². The molecular formula is C31H26O5. The summed E-state index contributed by atoms with van der Waals surface area (Å²) in [5.74, 6) is -2.47. The second-order valence-electron chi connectivity index (χ2n) is 9.14. The highest BCUT2D eigenvalue weighted by molar-refractivity contribution is 6.19. The van der Waals surface area contributed by atoms with E-state index < -0.39 is 28.8 Å². The number of phenols is 2. The van der Waals surface area contributed by atoms with Crippen LogP contribution < -0.4 is 0 Å². The summed E-state index contributed by atoms with van der Waals surface area (Å²) >= 11 is 0. The van der Waals surface area contributed by atoms with Crippen molar-refractivity contribution in [2.45, 2.75) is 27.7 Å². The van der Waals surface area contributed by atoms with Gasteiger partial charge in [0.05, 0.1) is 22.3 Å². The van der Waals surface area contributed by atoms with E-state index in [-0.39, 0.29) is 22.3 Å². The Morgan fingerprint density at radius 3 is 1.03 bits per heavy atom. The smallest absolute Gasteiger partial charge is 0.200 e. The van der Waals surface area contributed by atoms with Gasteiger partial charge in [0.25, 0.3) is 0 Å². The highest BCUT2D eigenvalue weighted by atomic mass is 16.3. The summed E-state index contributed by atoms with van der Waals surface area (Å²) in [6.07, 6.45) is 0. The average Bonchev–Trinajstić information content (AvgIpc) is 2.86. The highest BCUT2D eigenvalue weighted by Gasteiger charge is 2.26. The molecule has 0 heterocycles. The predicted octanol–water partition coefficient (Wildman–Crippen LogP) is 6.02. The molecule has 2 N–H and O–H groups in total. The van der Waals surface area contributed by atoms with Gasteiger partial charge in [-0.3, -0.25) is 14.4 Å². The van der Waals surface area contributed by atoms with Crippen LogP contribution in [-0.2, 0) is 0 Å². The quantitative estimate of drug-likeness (QED) is 0.331. The van der Waals surface area contributed by atoms with Crippen LogP contribution in [0.1, 0.15) is 70.0 Å². The van der Waals surface area contributed by atoms with Gasteiger partial charge in [0.15, 0.2) is 11.6 Å². The molecule has 0 bridgehead atoms. The van der Waals surface area contributed by atoms with Crippen molar-refractivity contribution < 1.29 is 24.6 Å². The van der Waals surface area contributed by atoms with Crippen LogP contribution in [0.5, 0.6) is 11.5 Å². The maximum atomic E-state index is 13.6. The fourth-order valence-corrected chi connectivity index (χ4v) is 4.12. The Balaban J connectivity index is 1.79. The fourth-order valence-electron chi connectivity index (χ4n) is 4.12. The third kappa shape index (κ3) is 4.68. The zero-order valence-corrected chi connectivity index (χ0v) is 20.5. The van der Waals surface area contributed by atoms with Crippen LogP contribution >= 0.6 is 0 Å². The van der Waals surface area contributed by atoms with Crippen LogP contribution in [-0.4, -0.2) is 27.6 Å². The molecule has 4 rings (SSSR count). The molecule has 5 nitrogen and oxygen atoms in total. The lowest BCUT2D eigenvalue weighted by Crippen LogP contribution is -2.10. The fraction of sp³-hybridized carbons (Fsp3) is 0.129. The van der Waals surface area contributed by atoms with E-state index in [1.54, 1.807) is 62.4 Å². The van der Waals surface area contributed by atoms with E-state index in [0.29, 0.717) is 22.3 Å². The van der Waals surface area contributed by atoms with Crippen molar-refractivity contribution in [1.29, 1.82) is 0 Å². The van der Waals surface area contributed by atoms with Crippen molar-refractivity contribution in [3.8, 4) is 11.5 Å². The van der Waals surface area contributed by atoms with Crippen LogP contribution in [0.3, 0.4) is 0 Å². The molecule has 0 aliphatic heterocycles. The van der Waals surface area contributed by atoms with Crippen LogP contribution in [0, 0.1) is 27.7 Å². The Hall–Kier alpha value is -4.51. The van der Waals surface area contributed by atoms with Gasteiger partial charge in [0.2, 0.25) is 5.78 Å². The second-order valence-corrected chi connectivity index (χ2v) is 9.14. The zero-order chi connectivity index (χ0) is 26.1. The summed E-state index contributed by atoms with van der Waals surface area (Å²) in [6.45, 7) is 7.23. The minimum atomic E-state index is -0.687. The molecule has 0 unspecified atom stereocenters. The summed E-state index contributed by atoms with van der Waals surface area (Å²) in [6, 6.07) is 19.8. The molecule has 36 heavy (non-hydrogen) atoms. The molecule has 0 aromatic heterocycles. The predicted molar refractivity (Wildman–Crippen MR) is 138 cm³/mol. The topological polar surface area (TPSA) is 91.7 Å². The van der Waals surface area contributed by atoms with Crippen LogP contribution in [0.25, 0.3) is 0 Å². The summed E-state index contributed by atoms with van der Waals surface area (Å²) in [5, 5.41) is 22.0. The average molecular weight is 479 g/mol. The molecule has 5 heteroatoms. The summed E-state index contributed by atoms with van der Waals surface area (Å²) < 4.78 is 0. The van der Waals surface area contributed by atoms with Gasteiger partial charge in [0, 0.05) is 11.1 Å². The monoisotopic (exact) mass is 478 g/mol. The maximum Gasteiger partial charge on any atom is 0.200 e. The first kappa shape index (κ1) is 24.6. The number of aromatic hydroxyl groups is 2. The molecule has 0 amide bonds. The lowest BCUT2D eigenvalue weighted by Gasteiger charge is -2.14. The van der Waals surface area contributed by atoms with E-state index in [0.717, 1.165) is 11.1 Å². The molecule has 4 aromatic rings. The molecule has 0 atom stereocenters. The number of ketones is 3. The number of hydrogen-bond donors (Lipinski definition) is 2. The van der Waals surface area contributed by atoms with Gasteiger partial charge in [-0.05, 0) is 63.1 Å². The Bertz CT molecular complexity index is 1400. The standard InChI is InChI=1S/C31H26O5/c1-17-5-9-21(10-6-17)27(32)23-13-19(3)15-25(29(23)34)31(36)26-16-20(4)14-24(30(26)35)28(33)22-11-7-18(2)8-12-22/h5-16,34-35H,1-4H3. The molecule has 180 valence electrons. The summed E-state index contributed by atoms with van der Waals surface area (Å²) in [5.41, 5.74) is 3.65. The maximum absolute atomic E-state index is 13.6. The van der Waals surface area contributed by atoms with Crippen molar-refractivity contribution >= 4 is 17.3 Å². The van der Waals surface area contributed by atoms with E-state index in [9.17, 15) is 24.6 Å². The van der Waals surface area contributed by atoms with Crippen molar-refractivity contribution in [1.82, 2.24) is 0 Å². The molecule has 0 saturated heterocycles. The number of carbonyl (C=O) groups is 3. The van der Waals surface area contributed by atoms with E-state index >= 15 is 0 Å². The van der Waals surface area contributed by atoms with Gasteiger partial charge in [0.1, 0.15) is 11.5 Å². The number of aryl methyl sites for hydroxylation is 4. The number of benzene rings is 4. The van der Waals surface area contributed by atoms with Gasteiger partial charge >= 0.3 is 0 Å². The largest absolute Gasteiger partial charge is 0.506 e. The molecule has 0 aliphatic rings. The Kier molecular flexibility index (Phi) is 6.58. The van der Waals surface area contributed by atoms with Crippen LogP contribution in [0.4, 0.5) is 0 Å². The number of hydrogen-bond acceptors (Lipinski definition) is 5. The molecule has 0 saturated carbocycles. The molecular weight excluding hydrogens is 452 g/mol. The minimum Gasteiger partial charge on any atom is -0.506 e. The molecule has 0 spiro atoms. The first-order valence-electron chi connectivity index (χ1n) is 11.5. The number of phenolic OH excluding ortho intramolecular Hbond substituents is 2. The lowest BCUT2D eigenvalue weighted by molar-refractivity contribution is 0.102. The Morgan fingerprint density at radius 1 is 0.444 bits per heavy atom. The van der Waals surface area contributed by atoms with E-state index in [1.165, 1.54) is 24.3 Å². The van der Waals surface area contributed by atoms with Gasteiger partial charge in [-0.25, -0.2) is 0 Å². The van der Waals surface area contributed by atoms with Crippen LogP contribution in [0.2, 0.25) is 0 Å². The number of rotatable bonds is 6. The zero-order valence-electron chi connectivity index (χ0n) is 20.5. The molecule has 0 aliphatic carbocycles. The molecule has 0 radical (unpaired) electrons. The van der Waals surface area contributed by atoms with E-state index in [1.807, 2.05) is 13.8 Å². The van der Waals surface area contributed by atoms with Gasteiger partial charge < -0.3 is 10.2 Å². The second kappa shape index (κ2) is 9.62. The van der Waals surface area contributed by atoms with Crippen molar-refractivity contribution in [2.24, 2.45) is 0 Å². The molecule has 0 fully saturated rings. The van der Waals surface area contributed by atoms with E-state index in [2.05, 4.69) is 0 Å². The normalized spacial score (nSPS) is 10.8. The third-order valence-corrected chi connectivity index (χ3v) is 6.11. The van der Waals surface area contributed by atoms with Gasteiger partial charge in [-0.15, -0.1) is 0 Å². The first-order chi connectivity index (χ1) is 17.1. The Morgan fingerprint density at radius 2 is 0.722 bits per heavy atom. The molecule has 4 aromatic carbocycles. The van der Waals surface area contributed by atoms with Crippen molar-refractivity contribution in [3.05, 3.63) is 128 Å². The van der Waals surface area contributed by atoms with E-state index in [4.69, 9.17) is 0 Å². The number of carbonyl (C=O) groups excluding carboxylic acids is 3. The third-order valence-electron chi connectivity index (χ3n) is 6.11. The SMILES string of the molecule is Cc1ccc(C(=O)c2cc(C)cc(C(=O)c3cc(C)cc(C(=O)c4ccc(C)cc4)c3O)c2O)cc1. The summed E-state index contributed by atoms with van der Waals surface area (Å²) in [7, 11) is 0. The summed E-state index contributed by atoms with van der Waals surface area (Å²) in [4.78, 5) is 39.8. The highest BCUT2D eigenvalue weighted by Crippen LogP contribution is 2.34.